The molecule has 28 heavy (non-hydrogen) atoms. The number of carbonyl (C=O) groups is 2. The van der Waals surface area contributed by atoms with E-state index in [0.29, 0.717) is 34.9 Å². The van der Waals surface area contributed by atoms with Crippen LogP contribution in [0.15, 0.2) is 24.0 Å². The Kier molecular flexibility index (Phi) is 5.96. The fourth-order valence-corrected chi connectivity index (χ4v) is 4.53. The van der Waals surface area contributed by atoms with E-state index in [1.165, 1.54) is 0 Å². The highest BCUT2D eigenvalue weighted by Gasteiger charge is 2.56. The van der Waals surface area contributed by atoms with Crippen LogP contribution in [0.5, 0.6) is 0 Å². The first-order chi connectivity index (χ1) is 13.1. The summed E-state index contributed by atoms with van der Waals surface area (Å²) in [5.41, 5.74) is -0.924. The van der Waals surface area contributed by atoms with Gasteiger partial charge in [-0.25, -0.2) is 0 Å². The molecule has 3 rings (SSSR count). The predicted molar refractivity (Wildman–Crippen MR) is 110 cm³/mol. The zero-order chi connectivity index (χ0) is 20.7. The lowest BCUT2D eigenvalue weighted by Crippen LogP contribution is -2.40. The van der Waals surface area contributed by atoms with Crippen molar-refractivity contribution >= 4 is 40.5 Å². The van der Waals surface area contributed by atoms with Gasteiger partial charge >= 0.3 is 5.97 Å². The predicted octanol–water partition coefficient (Wildman–Crippen LogP) is 5.58. The van der Waals surface area contributed by atoms with Gasteiger partial charge in [-0.3, -0.25) is 9.59 Å². The molecule has 1 unspecified atom stereocenters. The van der Waals surface area contributed by atoms with Crippen molar-refractivity contribution in [3.05, 3.63) is 39.6 Å². The van der Waals surface area contributed by atoms with Gasteiger partial charge in [0.15, 0.2) is 5.78 Å². The van der Waals surface area contributed by atoms with E-state index in [9.17, 15) is 14.7 Å². The lowest BCUT2D eigenvalue weighted by molar-refractivity contribution is -0.153. The summed E-state index contributed by atoms with van der Waals surface area (Å²) in [5.74, 6) is -0.567. The summed E-state index contributed by atoms with van der Waals surface area (Å²) in [5, 5.41) is 11.7. The van der Waals surface area contributed by atoms with Gasteiger partial charge in [-0.15, -0.1) is 0 Å². The number of hydrogen-bond donors (Lipinski definition) is 1. The molecule has 2 aliphatic carbocycles. The second-order valence-corrected chi connectivity index (χ2v) is 9.28. The number of esters is 1. The molecule has 0 radical (unpaired) electrons. The Morgan fingerprint density at radius 2 is 1.89 bits per heavy atom. The molecule has 0 bridgehead atoms. The van der Waals surface area contributed by atoms with Crippen LogP contribution >= 0.6 is 23.2 Å². The first-order valence-corrected chi connectivity index (χ1v) is 10.5. The van der Waals surface area contributed by atoms with Crippen molar-refractivity contribution in [2.45, 2.75) is 65.4 Å². The maximum absolute atomic E-state index is 13.1. The van der Waals surface area contributed by atoms with Crippen LogP contribution in [0.4, 0.5) is 0 Å². The monoisotopic (exact) mass is 424 g/mol. The van der Waals surface area contributed by atoms with E-state index in [1.807, 2.05) is 20.8 Å². The lowest BCUT2D eigenvalue weighted by Gasteiger charge is -2.38. The third-order valence-electron chi connectivity index (χ3n) is 6.27. The minimum Gasteiger partial charge on any atom is -0.429 e. The molecule has 0 saturated heterocycles. The molecule has 4 nitrogen and oxygen atoms in total. The second kappa shape index (κ2) is 7.81. The molecule has 1 spiro atoms. The number of carbonyl (C=O) groups excluding carboxylic acids is 2. The molecule has 0 aromatic heterocycles. The normalized spacial score (nSPS) is 22.1. The SMILES string of the molecule is CCC(C)(C)C(=O)OC1=C(c2ccc(Cl)cc2Cl)C(=O)C(O)C12CCCCC2. The molecule has 1 fully saturated rings. The number of ether oxygens (including phenoxy) is 1. The minimum atomic E-state index is -1.23. The van der Waals surface area contributed by atoms with E-state index in [1.54, 1.807) is 18.2 Å². The fourth-order valence-electron chi connectivity index (χ4n) is 4.03. The Bertz CT molecular complexity index is 835. The van der Waals surface area contributed by atoms with E-state index >= 15 is 0 Å². The highest BCUT2D eigenvalue weighted by molar-refractivity contribution is 6.38. The summed E-state index contributed by atoms with van der Waals surface area (Å²) in [7, 11) is 0. The molecule has 1 aromatic carbocycles. The van der Waals surface area contributed by atoms with Gasteiger partial charge in [0, 0.05) is 10.6 Å². The first-order valence-electron chi connectivity index (χ1n) is 9.79. The Balaban J connectivity index is 2.19. The van der Waals surface area contributed by atoms with E-state index in [4.69, 9.17) is 27.9 Å². The molecule has 1 atom stereocenters. The quantitative estimate of drug-likeness (QED) is 0.640. The molecule has 1 saturated carbocycles. The van der Waals surface area contributed by atoms with Gasteiger partial charge in [0.2, 0.25) is 0 Å². The van der Waals surface area contributed by atoms with E-state index in [-0.39, 0.29) is 11.3 Å². The number of halogens is 2. The maximum atomic E-state index is 13.1. The van der Waals surface area contributed by atoms with E-state index in [0.717, 1.165) is 19.3 Å². The Morgan fingerprint density at radius 3 is 2.46 bits per heavy atom. The van der Waals surface area contributed by atoms with Crippen molar-refractivity contribution in [2.75, 3.05) is 0 Å². The largest absolute Gasteiger partial charge is 0.429 e. The number of aliphatic hydroxyl groups is 1. The van der Waals surface area contributed by atoms with Gasteiger partial charge in [0.1, 0.15) is 11.9 Å². The van der Waals surface area contributed by atoms with E-state index in [2.05, 4.69) is 0 Å². The fraction of sp³-hybridized carbons (Fsp3) is 0.545. The minimum absolute atomic E-state index is 0.205. The van der Waals surface area contributed by atoms with Crippen molar-refractivity contribution in [2.24, 2.45) is 10.8 Å². The molecule has 1 N–H and O–H groups in total. The molecule has 152 valence electrons. The van der Waals surface area contributed by atoms with Crippen molar-refractivity contribution in [1.29, 1.82) is 0 Å². The molecule has 1 aromatic rings. The smallest absolute Gasteiger partial charge is 0.316 e. The van der Waals surface area contributed by atoms with Gasteiger partial charge in [0.25, 0.3) is 0 Å². The van der Waals surface area contributed by atoms with Crippen molar-refractivity contribution in [1.82, 2.24) is 0 Å². The number of ketones is 1. The molecule has 0 heterocycles. The Morgan fingerprint density at radius 1 is 1.25 bits per heavy atom. The molecular weight excluding hydrogens is 399 g/mol. The number of Topliss-reactive ketones (excluding diaryl/α,β-unsaturated/α-hetero) is 1. The third-order valence-corrected chi connectivity index (χ3v) is 6.82. The van der Waals surface area contributed by atoms with Crippen LogP contribution in [0, 0.1) is 10.8 Å². The average molecular weight is 425 g/mol. The second-order valence-electron chi connectivity index (χ2n) is 8.44. The van der Waals surface area contributed by atoms with Crippen LogP contribution < -0.4 is 0 Å². The lowest BCUT2D eigenvalue weighted by atomic mass is 9.71. The summed E-state index contributed by atoms with van der Waals surface area (Å²) in [4.78, 5) is 26.0. The Hall–Kier alpha value is -1.36. The van der Waals surface area contributed by atoms with Gasteiger partial charge in [0.05, 0.1) is 21.4 Å². The summed E-state index contributed by atoms with van der Waals surface area (Å²) in [6, 6.07) is 4.83. The number of aliphatic hydroxyl groups excluding tert-OH is 1. The topological polar surface area (TPSA) is 63.6 Å². The van der Waals surface area contributed by atoms with Crippen molar-refractivity contribution in [3.8, 4) is 0 Å². The Labute approximate surface area is 175 Å². The molecule has 0 aliphatic heterocycles. The molecule has 0 amide bonds. The molecular formula is C22H26Cl2O4. The number of benzene rings is 1. The van der Waals surface area contributed by atoms with Crippen LogP contribution in [0.25, 0.3) is 5.57 Å². The number of hydrogen-bond acceptors (Lipinski definition) is 4. The highest BCUT2D eigenvalue weighted by atomic mass is 35.5. The highest BCUT2D eigenvalue weighted by Crippen LogP contribution is 2.55. The summed E-state index contributed by atoms with van der Waals surface area (Å²) in [6.45, 7) is 5.54. The standard InChI is InChI=1S/C22H26Cl2O4/c1-4-21(2,3)20(27)28-19-16(14-9-8-13(23)12-15(14)24)17(25)18(26)22(19)10-6-5-7-11-22/h8-9,12,18,26H,4-7,10-11H2,1-3H3. The maximum Gasteiger partial charge on any atom is 0.316 e. The van der Waals surface area contributed by atoms with Gasteiger partial charge in [-0.2, -0.15) is 0 Å². The van der Waals surface area contributed by atoms with Crippen LogP contribution in [-0.2, 0) is 14.3 Å². The zero-order valence-electron chi connectivity index (χ0n) is 16.5. The van der Waals surface area contributed by atoms with Crippen LogP contribution in [0.1, 0.15) is 64.9 Å². The summed E-state index contributed by atoms with van der Waals surface area (Å²) >= 11 is 12.4. The molecule has 6 heteroatoms. The average Bonchev–Trinajstić information content (AvgIpc) is 2.85. The van der Waals surface area contributed by atoms with Gasteiger partial charge in [-0.05, 0) is 45.2 Å². The van der Waals surface area contributed by atoms with Crippen molar-refractivity contribution < 1.29 is 19.4 Å². The van der Waals surface area contributed by atoms with E-state index < -0.39 is 28.7 Å². The van der Waals surface area contributed by atoms with Crippen LogP contribution in [-0.4, -0.2) is 23.0 Å². The summed E-state index contributed by atoms with van der Waals surface area (Å²) in [6.07, 6.45) is 3.32. The van der Waals surface area contributed by atoms with Crippen LogP contribution in [0.2, 0.25) is 10.0 Å². The first kappa shape index (κ1) is 21.4. The van der Waals surface area contributed by atoms with Gasteiger partial charge in [-0.1, -0.05) is 55.5 Å². The van der Waals surface area contributed by atoms with Crippen molar-refractivity contribution in [3.63, 3.8) is 0 Å². The van der Waals surface area contributed by atoms with Gasteiger partial charge < -0.3 is 9.84 Å². The molecule has 2 aliphatic rings. The van der Waals surface area contributed by atoms with Crippen LogP contribution in [0.3, 0.4) is 0 Å². The third kappa shape index (κ3) is 3.51. The number of rotatable bonds is 4. The summed E-state index contributed by atoms with van der Waals surface area (Å²) < 4.78 is 5.92. The zero-order valence-corrected chi connectivity index (χ0v) is 18.0.